The number of benzene rings is 3. The van der Waals surface area contributed by atoms with Gasteiger partial charge < -0.3 is 14.8 Å². The second kappa shape index (κ2) is 12.2. The van der Waals surface area contributed by atoms with E-state index >= 15 is 0 Å². The first-order valence-electron chi connectivity index (χ1n) is 10.8. The summed E-state index contributed by atoms with van der Waals surface area (Å²) < 4.78 is 11.6. The van der Waals surface area contributed by atoms with Gasteiger partial charge in [0.15, 0.2) is 11.5 Å². The number of hydrazone groups is 1. The van der Waals surface area contributed by atoms with E-state index in [1.807, 2.05) is 39.0 Å². The molecule has 2 N–H and O–H groups in total. The van der Waals surface area contributed by atoms with Gasteiger partial charge in [0, 0.05) is 21.3 Å². The second-order valence-corrected chi connectivity index (χ2v) is 8.43. The van der Waals surface area contributed by atoms with Crippen molar-refractivity contribution in [2.45, 2.75) is 27.4 Å². The molecule has 2 amide bonds. The lowest BCUT2D eigenvalue weighted by molar-refractivity contribution is -0.136. The van der Waals surface area contributed by atoms with Crippen LogP contribution < -0.4 is 20.2 Å². The van der Waals surface area contributed by atoms with Crippen LogP contribution in [0.1, 0.15) is 29.2 Å². The molecule has 0 saturated heterocycles. The Balaban J connectivity index is 1.63. The molecule has 0 spiro atoms. The maximum atomic E-state index is 12.2. The molecule has 182 valence electrons. The van der Waals surface area contributed by atoms with Crippen LogP contribution >= 0.6 is 23.2 Å². The molecule has 9 heteroatoms. The topological polar surface area (TPSA) is 89.0 Å². The third-order valence-electron chi connectivity index (χ3n) is 4.97. The van der Waals surface area contributed by atoms with Crippen LogP contribution in [0.2, 0.25) is 10.0 Å². The summed E-state index contributed by atoms with van der Waals surface area (Å²) in [6.07, 6.45) is 1.41. The zero-order valence-electron chi connectivity index (χ0n) is 19.5. The molecule has 7 nitrogen and oxygen atoms in total. The number of hydrogen-bond acceptors (Lipinski definition) is 5. The van der Waals surface area contributed by atoms with E-state index in [0.717, 1.165) is 16.7 Å². The highest BCUT2D eigenvalue weighted by molar-refractivity contribution is 6.39. The van der Waals surface area contributed by atoms with E-state index in [4.69, 9.17) is 32.7 Å². The van der Waals surface area contributed by atoms with Crippen LogP contribution in [0, 0.1) is 13.8 Å². The molecule has 0 radical (unpaired) electrons. The number of anilines is 1. The van der Waals surface area contributed by atoms with Crippen molar-refractivity contribution in [3.63, 3.8) is 0 Å². The monoisotopic (exact) mass is 513 g/mol. The number of para-hydroxylation sites is 1. The van der Waals surface area contributed by atoms with E-state index in [1.54, 1.807) is 36.4 Å². The van der Waals surface area contributed by atoms with Gasteiger partial charge in [-0.2, -0.15) is 5.10 Å². The van der Waals surface area contributed by atoms with Gasteiger partial charge in [-0.25, -0.2) is 5.43 Å². The smallest absolute Gasteiger partial charge is 0.329 e. The molecule has 3 aromatic carbocycles. The predicted octanol–water partition coefficient (Wildman–Crippen LogP) is 5.68. The van der Waals surface area contributed by atoms with Gasteiger partial charge in [-0.3, -0.25) is 9.59 Å². The maximum Gasteiger partial charge on any atom is 0.329 e. The summed E-state index contributed by atoms with van der Waals surface area (Å²) in [6, 6.07) is 16.0. The molecule has 0 bridgehead atoms. The Labute approximate surface area is 214 Å². The summed E-state index contributed by atoms with van der Waals surface area (Å²) in [7, 11) is 0. The van der Waals surface area contributed by atoms with Crippen molar-refractivity contribution in [1.29, 1.82) is 0 Å². The lowest BCUT2D eigenvalue weighted by Crippen LogP contribution is -2.32. The first kappa shape index (κ1) is 26.1. The Morgan fingerprint density at radius 2 is 1.69 bits per heavy atom. The molecule has 0 heterocycles. The minimum atomic E-state index is -0.881. The normalized spacial score (nSPS) is 10.8. The Morgan fingerprint density at radius 1 is 0.943 bits per heavy atom. The van der Waals surface area contributed by atoms with Crippen LogP contribution in [0.3, 0.4) is 0 Å². The summed E-state index contributed by atoms with van der Waals surface area (Å²) in [4.78, 5) is 24.4. The van der Waals surface area contributed by atoms with E-state index in [9.17, 15) is 9.59 Å². The van der Waals surface area contributed by atoms with Gasteiger partial charge in [0.05, 0.1) is 12.8 Å². The second-order valence-electron chi connectivity index (χ2n) is 7.58. The van der Waals surface area contributed by atoms with E-state index < -0.39 is 11.8 Å². The fourth-order valence-corrected chi connectivity index (χ4v) is 3.65. The van der Waals surface area contributed by atoms with Crippen molar-refractivity contribution in [3.8, 4) is 11.5 Å². The Morgan fingerprint density at radius 3 is 2.37 bits per heavy atom. The lowest BCUT2D eigenvalue weighted by atomic mass is 10.1. The molecule has 0 unspecified atom stereocenters. The number of nitrogens with one attached hydrogen (secondary N) is 2. The minimum Gasteiger partial charge on any atom is -0.490 e. The van der Waals surface area contributed by atoms with Gasteiger partial charge in [-0.15, -0.1) is 0 Å². The van der Waals surface area contributed by atoms with Crippen molar-refractivity contribution in [1.82, 2.24) is 5.43 Å². The number of rotatable bonds is 8. The van der Waals surface area contributed by atoms with Crippen LogP contribution in [0.15, 0.2) is 59.7 Å². The molecule has 3 aromatic rings. The van der Waals surface area contributed by atoms with Gasteiger partial charge >= 0.3 is 11.8 Å². The van der Waals surface area contributed by atoms with Gasteiger partial charge in [0.2, 0.25) is 0 Å². The van der Waals surface area contributed by atoms with E-state index in [1.165, 1.54) is 6.21 Å². The first-order chi connectivity index (χ1) is 16.8. The third-order valence-corrected chi connectivity index (χ3v) is 5.56. The summed E-state index contributed by atoms with van der Waals surface area (Å²) >= 11 is 12.2. The number of aryl methyl sites for hydroxylation is 2. The summed E-state index contributed by atoms with van der Waals surface area (Å²) in [5.74, 6) is -0.666. The molecule has 0 aliphatic rings. The number of ether oxygens (including phenoxy) is 2. The lowest BCUT2D eigenvalue weighted by Gasteiger charge is -2.13. The zero-order chi connectivity index (χ0) is 25.4. The van der Waals surface area contributed by atoms with E-state index in [0.29, 0.717) is 39.4 Å². The van der Waals surface area contributed by atoms with Gasteiger partial charge in [-0.1, -0.05) is 47.5 Å². The molecule has 35 heavy (non-hydrogen) atoms. The highest BCUT2D eigenvalue weighted by Crippen LogP contribution is 2.30. The predicted molar refractivity (Wildman–Crippen MR) is 139 cm³/mol. The molecule has 0 aromatic heterocycles. The summed E-state index contributed by atoms with van der Waals surface area (Å²) in [5.41, 5.74) is 5.98. The number of hydrogen-bond donors (Lipinski definition) is 2. The highest BCUT2D eigenvalue weighted by Gasteiger charge is 2.15. The quantitative estimate of drug-likeness (QED) is 0.230. The number of carbonyl (C=O) groups is 2. The maximum absolute atomic E-state index is 12.2. The average molecular weight is 514 g/mol. The molecule has 0 saturated carbocycles. The van der Waals surface area contributed by atoms with E-state index in [-0.39, 0.29) is 6.61 Å². The molecule has 0 atom stereocenters. The number of carbonyl (C=O) groups excluding carboxylic acids is 2. The van der Waals surface area contributed by atoms with Gasteiger partial charge in [0.25, 0.3) is 0 Å². The fourth-order valence-electron chi connectivity index (χ4n) is 3.18. The van der Waals surface area contributed by atoms with Gasteiger partial charge in [0.1, 0.15) is 6.61 Å². The first-order valence-corrected chi connectivity index (χ1v) is 11.6. The molecule has 3 rings (SSSR count). The van der Waals surface area contributed by atoms with Crippen LogP contribution in [0.25, 0.3) is 0 Å². The Hall–Kier alpha value is -3.55. The zero-order valence-corrected chi connectivity index (χ0v) is 21.0. The summed E-state index contributed by atoms with van der Waals surface area (Å²) in [6.45, 7) is 6.22. The molecule has 0 aliphatic heterocycles. The molecule has 0 aliphatic carbocycles. The summed E-state index contributed by atoms with van der Waals surface area (Å²) in [5, 5.41) is 7.56. The number of halogens is 2. The Kier molecular flexibility index (Phi) is 9.11. The molecular weight excluding hydrogens is 489 g/mol. The van der Waals surface area contributed by atoms with Crippen LogP contribution in [0.5, 0.6) is 11.5 Å². The average Bonchev–Trinajstić information content (AvgIpc) is 2.82. The Bertz CT molecular complexity index is 1240. The van der Waals surface area contributed by atoms with Crippen LogP contribution in [-0.4, -0.2) is 24.6 Å². The van der Waals surface area contributed by atoms with E-state index in [2.05, 4.69) is 15.8 Å². The van der Waals surface area contributed by atoms with Crippen LogP contribution in [0.4, 0.5) is 5.69 Å². The van der Waals surface area contributed by atoms with Crippen molar-refractivity contribution in [2.75, 3.05) is 11.9 Å². The van der Waals surface area contributed by atoms with Crippen molar-refractivity contribution in [2.24, 2.45) is 5.10 Å². The van der Waals surface area contributed by atoms with Crippen molar-refractivity contribution in [3.05, 3.63) is 86.9 Å². The minimum absolute atomic E-state index is 0.231. The third kappa shape index (κ3) is 7.21. The molecular formula is C26H25Cl2N3O4. The largest absolute Gasteiger partial charge is 0.490 e. The van der Waals surface area contributed by atoms with Crippen molar-refractivity contribution < 1.29 is 19.1 Å². The molecule has 0 fully saturated rings. The highest BCUT2D eigenvalue weighted by atomic mass is 35.5. The fraction of sp³-hybridized carbons (Fsp3) is 0.192. The van der Waals surface area contributed by atoms with Gasteiger partial charge in [-0.05, 0) is 67.8 Å². The number of nitrogens with zero attached hydrogens (tertiary/aromatic N) is 1. The van der Waals surface area contributed by atoms with Crippen molar-refractivity contribution >= 4 is 46.9 Å². The number of amides is 2. The van der Waals surface area contributed by atoms with Crippen LogP contribution in [-0.2, 0) is 16.2 Å². The SMILES string of the molecule is CCOc1cc(/C=N/NC(=O)C(=O)Nc2c(C)cccc2C)ccc1OCc1ccc(Cl)cc1Cl. The standard InChI is InChI=1S/C26H25Cl2N3O4/c1-4-34-23-12-18(8-11-22(23)35-15-19-9-10-20(27)13-21(19)28)14-29-31-26(33)25(32)30-24-16(2)6-5-7-17(24)3/h5-14H,4,15H2,1-3H3,(H,30,32)(H,31,33)/b29-14+.